The summed E-state index contributed by atoms with van der Waals surface area (Å²) in [5, 5.41) is 3.43. The van der Waals surface area contributed by atoms with Crippen molar-refractivity contribution in [2.45, 2.75) is 13.0 Å². The van der Waals surface area contributed by atoms with Crippen LogP contribution in [-0.2, 0) is 0 Å². The summed E-state index contributed by atoms with van der Waals surface area (Å²) in [7, 11) is 0. The Morgan fingerprint density at radius 3 is 2.89 bits per heavy atom. The van der Waals surface area contributed by atoms with Crippen molar-refractivity contribution in [2.24, 2.45) is 7.92 Å². The van der Waals surface area contributed by atoms with Crippen LogP contribution in [0.25, 0.3) is 0 Å². The first-order chi connectivity index (χ1) is 9.15. The molecule has 1 unspecified atom stereocenters. The third-order valence-corrected chi connectivity index (χ3v) is 5.46. The summed E-state index contributed by atoms with van der Waals surface area (Å²) in [5.74, 6) is 0. The molecule has 1 atom stereocenters. The molecular weight excluding hydrogens is 368 g/mol. The van der Waals surface area contributed by atoms with E-state index in [0.29, 0.717) is 4.34 Å². The number of benzene rings is 1. The van der Waals surface area contributed by atoms with E-state index in [1.165, 1.54) is 11.3 Å². The maximum atomic E-state index is 6.18. The second-order valence-corrected chi connectivity index (χ2v) is 7.48. The van der Waals surface area contributed by atoms with Gasteiger partial charge >= 0.3 is 131 Å². The number of halogens is 2. The number of hydrogen-bond acceptors (Lipinski definition) is 4. The Hall–Kier alpha value is -0.581. The second-order valence-electron chi connectivity index (χ2n) is 4.08. The van der Waals surface area contributed by atoms with Gasteiger partial charge in [0.15, 0.2) is 0 Å². The van der Waals surface area contributed by atoms with Gasteiger partial charge in [-0.2, -0.15) is 0 Å². The quantitative estimate of drug-likeness (QED) is 0.595. The van der Waals surface area contributed by atoms with Crippen molar-refractivity contribution < 1.29 is 0 Å². The molecule has 19 heavy (non-hydrogen) atoms. The van der Waals surface area contributed by atoms with Crippen LogP contribution in [-0.4, -0.2) is 14.6 Å². The molecule has 2 aromatic rings. The Labute approximate surface area is 130 Å². The summed E-state index contributed by atoms with van der Waals surface area (Å²) in [6.07, 6.45) is 0. The van der Waals surface area contributed by atoms with Crippen molar-refractivity contribution in [3.63, 3.8) is 0 Å². The van der Waals surface area contributed by atoms with Crippen LogP contribution in [0, 0.1) is 0 Å². The summed E-state index contributed by atoms with van der Waals surface area (Å²) >= 11 is 13.5. The van der Waals surface area contributed by atoms with Crippen LogP contribution in [0.1, 0.15) is 18.5 Å². The van der Waals surface area contributed by atoms with Gasteiger partial charge in [0.25, 0.3) is 0 Å². The minimum absolute atomic E-state index is 0.0211. The molecule has 1 aromatic heterocycles. The zero-order chi connectivity index (χ0) is 13.4. The van der Waals surface area contributed by atoms with Gasteiger partial charge in [0.2, 0.25) is 0 Å². The first kappa shape index (κ1) is 13.4. The van der Waals surface area contributed by atoms with E-state index in [4.69, 9.17) is 23.2 Å². The van der Waals surface area contributed by atoms with Crippen LogP contribution < -0.4 is 5.32 Å². The van der Waals surface area contributed by atoms with E-state index in [-0.39, 0.29) is 20.6 Å². The van der Waals surface area contributed by atoms with Gasteiger partial charge in [-0.15, -0.1) is 0 Å². The standard InChI is InChI=1S/C12H9Cl2N3SSe/c1-6(7-5-10(13)18-12(7)14)15-8-3-2-4-9-11(8)17-19-16-9/h2-6,15H,1H3. The van der Waals surface area contributed by atoms with Gasteiger partial charge in [0.05, 0.1) is 0 Å². The number of hydrogen-bond donors (Lipinski definition) is 1. The van der Waals surface area contributed by atoms with Crippen molar-refractivity contribution in [3.8, 4) is 0 Å². The summed E-state index contributed by atoms with van der Waals surface area (Å²) < 4.78 is 10.3. The molecule has 0 saturated carbocycles. The molecule has 1 aliphatic rings. The van der Waals surface area contributed by atoms with Crippen LogP contribution in [0.15, 0.2) is 32.2 Å². The van der Waals surface area contributed by atoms with E-state index >= 15 is 0 Å². The van der Waals surface area contributed by atoms with Gasteiger partial charge in [-0.25, -0.2) is 0 Å². The molecule has 0 fully saturated rings. The average Bonchev–Trinajstić information content (AvgIpc) is 2.96. The van der Waals surface area contributed by atoms with Crippen LogP contribution in [0.2, 0.25) is 8.67 Å². The predicted octanol–water partition coefficient (Wildman–Crippen LogP) is 5.58. The third-order valence-electron chi connectivity index (χ3n) is 2.81. The van der Waals surface area contributed by atoms with Crippen molar-refractivity contribution in [3.05, 3.63) is 38.5 Å². The number of fused-ring (bicyclic) bond motifs is 1. The SMILES string of the molecule is CC(Nc1cccc2c1N=[Se]=N2)c1cc(Cl)sc1Cl. The Balaban J connectivity index is 1.88. The first-order valence-corrected chi connectivity index (χ1v) is 8.68. The Morgan fingerprint density at radius 2 is 2.16 bits per heavy atom. The molecule has 0 aliphatic carbocycles. The van der Waals surface area contributed by atoms with Crippen LogP contribution >= 0.6 is 34.5 Å². The molecule has 1 aromatic carbocycles. The van der Waals surface area contributed by atoms with Crippen molar-refractivity contribution in [1.82, 2.24) is 0 Å². The molecule has 1 aliphatic heterocycles. The molecule has 0 bridgehead atoms. The predicted molar refractivity (Wildman–Crippen MR) is 82.7 cm³/mol. The maximum absolute atomic E-state index is 6.18. The van der Waals surface area contributed by atoms with Gasteiger partial charge < -0.3 is 0 Å². The number of rotatable bonds is 3. The van der Waals surface area contributed by atoms with E-state index in [0.717, 1.165) is 27.0 Å². The Bertz CT molecular complexity index is 707. The third kappa shape index (κ3) is 2.67. The second kappa shape index (κ2) is 5.43. The molecule has 0 saturated heterocycles. The zero-order valence-corrected chi connectivity index (χ0v) is 13.9. The zero-order valence-electron chi connectivity index (χ0n) is 9.85. The molecule has 3 rings (SSSR count). The van der Waals surface area contributed by atoms with Crippen LogP contribution in [0.3, 0.4) is 0 Å². The van der Waals surface area contributed by atoms with E-state index in [9.17, 15) is 0 Å². The fourth-order valence-corrected chi connectivity index (χ4v) is 4.68. The van der Waals surface area contributed by atoms with E-state index < -0.39 is 0 Å². The Morgan fingerprint density at radius 1 is 1.32 bits per heavy atom. The van der Waals surface area contributed by atoms with Gasteiger partial charge in [0, 0.05) is 0 Å². The molecule has 1 N–H and O–H groups in total. The van der Waals surface area contributed by atoms with Crippen molar-refractivity contribution >= 4 is 66.2 Å². The molecular formula is C12H9Cl2N3SSe. The van der Waals surface area contributed by atoms with Gasteiger partial charge in [-0.3, -0.25) is 0 Å². The summed E-state index contributed by atoms with van der Waals surface area (Å²) in [6, 6.07) is 7.96. The topological polar surface area (TPSA) is 36.8 Å². The van der Waals surface area contributed by atoms with Crippen molar-refractivity contribution in [1.29, 1.82) is 0 Å². The van der Waals surface area contributed by atoms with E-state index in [1.807, 2.05) is 24.3 Å². The van der Waals surface area contributed by atoms with Gasteiger partial charge in [0.1, 0.15) is 0 Å². The van der Waals surface area contributed by atoms with Crippen molar-refractivity contribution in [2.75, 3.05) is 5.32 Å². The van der Waals surface area contributed by atoms with E-state index in [1.54, 1.807) is 0 Å². The molecule has 7 heteroatoms. The molecule has 0 radical (unpaired) electrons. The van der Waals surface area contributed by atoms with Gasteiger partial charge in [-0.05, 0) is 0 Å². The number of nitrogens with zero attached hydrogens (tertiary/aromatic N) is 2. The summed E-state index contributed by atoms with van der Waals surface area (Å²) in [6.45, 7) is 2.06. The molecule has 98 valence electrons. The molecule has 3 nitrogen and oxygen atoms in total. The average molecular weight is 377 g/mol. The summed E-state index contributed by atoms with van der Waals surface area (Å²) in [5.41, 5.74) is 3.92. The molecule has 0 spiro atoms. The number of nitrogens with one attached hydrogen (secondary N) is 1. The fourth-order valence-electron chi connectivity index (χ4n) is 1.88. The van der Waals surface area contributed by atoms with Gasteiger partial charge in [-0.1, -0.05) is 0 Å². The first-order valence-electron chi connectivity index (χ1n) is 5.57. The molecule has 0 amide bonds. The number of thiophene rings is 1. The Kier molecular flexibility index (Phi) is 3.83. The van der Waals surface area contributed by atoms with Crippen LogP contribution in [0.5, 0.6) is 0 Å². The molecule has 2 heterocycles. The monoisotopic (exact) mass is 377 g/mol. The minimum atomic E-state index is -0.0211. The normalized spacial score (nSPS) is 14.1. The van der Waals surface area contributed by atoms with Crippen LogP contribution in [0.4, 0.5) is 17.1 Å². The number of anilines is 1. The fraction of sp³-hybridized carbons (Fsp3) is 0.167. The summed E-state index contributed by atoms with van der Waals surface area (Å²) in [4.78, 5) is 0. The van der Waals surface area contributed by atoms with E-state index in [2.05, 4.69) is 20.2 Å².